The van der Waals surface area contributed by atoms with Crippen molar-refractivity contribution < 1.29 is 0 Å². The maximum atomic E-state index is 6.03. The van der Waals surface area contributed by atoms with Gasteiger partial charge in [0.25, 0.3) is 0 Å². The summed E-state index contributed by atoms with van der Waals surface area (Å²) in [5.74, 6) is 0. The maximum absolute atomic E-state index is 6.03. The average Bonchev–Trinajstić information content (AvgIpc) is 2.29. The summed E-state index contributed by atoms with van der Waals surface area (Å²) in [7, 11) is 2.14. The highest BCUT2D eigenvalue weighted by atomic mass is 35.5. The van der Waals surface area contributed by atoms with E-state index in [0.29, 0.717) is 10.7 Å². The van der Waals surface area contributed by atoms with Gasteiger partial charge in [-0.15, -0.1) is 0 Å². The van der Waals surface area contributed by atoms with Gasteiger partial charge >= 0.3 is 0 Å². The quantitative estimate of drug-likeness (QED) is 0.790. The van der Waals surface area contributed by atoms with Crippen molar-refractivity contribution in [3.63, 3.8) is 0 Å². The van der Waals surface area contributed by atoms with E-state index in [1.807, 2.05) is 19.1 Å². The smallest absolute Gasteiger partial charge is 0.0656 e. The second kappa shape index (κ2) is 5.12. The zero-order valence-electron chi connectivity index (χ0n) is 10.3. The van der Waals surface area contributed by atoms with Crippen LogP contribution in [-0.2, 0) is 0 Å². The molecule has 1 aliphatic heterocycles. The number of likely N-dealkylation sites (N-methyl/N-ethyl adjacent to an activating group) is 1. The standard InChI is InChI=1S/C12H19ClN4/c1-9-7-11(14)10(13)8-12(9)15-17-5-3-16(2)4-6-17/h7-8,15H,3-6,14H2,1-2H3. The summed E-state index contributed by atoms with van der Waals surface area (Å²) in [6, 6.07) is 3.80. The van der Waals surface area contributed by atoms with Crippen molar-refractivity contribution in [1.82, 2.24) is 9.91 Å². The summed E-state index contributed by atoms with van der Waals surface area (Å²) in [6.45, 7) is 6.21. The van der Waals surface area contributed by atoms with Gasteiger partial charge in [-0.2, -0.15) is 0 Å². The lowest BCUT2D eigenvalue weighted by atomic mass is 10.2. The molecule has 3 N–H and O–H groups in total. The highest BCUT2D eigenvalue weighted by Gasteiger charge is 2.14. The first-order valence-corrected chi connectivity index (χ1v) is 6.20. The van der Waals surface area contributed by atoms with Gasteiger partial charge in [0.05, 0.1) is 16.4 Å². The van der Waals surface area contributed by atoms with Crippen LogP contribution in [0.4, 0.5) is 11.4 Å². The van der Waals surface area contributed by atoms with Crippen LogP contribution >= 0.6 is 11.6 Å². The number of hydrogen-bond acceptors (Lipinski definition) is 4. The Morgan fingerprint density at radius 3 is 2.53 bits per heavy atom. The summed E-state index contributed by atoms with van der Waals surface area (Å²) in [5.41, 5.74) is 12.0. The Morgan fingerprint density at radius 1 is 1.24 bits per heavy atom. The monoisotopic (exact) mass is 254 g/mol. The topological polar surface area (TPSA) is 44.5 Å². The van der Waals surface area contributed by atoms with Crippen LogP contribution < -0.4 is 11.2 Å². The van der Waals surface area contributed by atoms with E-state index in [2.05, 4.69) is 22.4 Å². The first-order valence-electron chi connectivity index (χ1n) is 5.82. The fraction of sp³-hybridized carbons (Fsp3) is 0.500. The second-order valence-corrected chi connectivity index (χ2v) is 5.00. The number of aryl methyl sites for hydroxylation is 1. The van der Waals surface area contributed by atoms with Gasteiger partial charge in [-0.3, -0.25) is 0 Å². The third-order valence-corrected chi connectivity index (χ3v) is 3.45. The first kappa shape index (κ1) is 12.5. The Labute approximate surface area is 107 Å². The number of benzene rings is 1. The Morgan fingerprint density at radius 2 is 1.88 bits per heavy atom. The summed E-state index contributed by atoms with van der Waals surface area (Å²) < 4.78 is 0. The number of halogens is 1. The van der Waals surface area contributed by atoms with Gasteiger partial charge in [0.15, 0.2) is 0 Å². The SMILES string of the molecule is Cc1cc(N)c(Cl)cc1NN1CCN(C)CC1. The largest absolute Gasteiger partial charge is 0.398 e. The van der Waals surface area contributed by atoms with Gasteiger partial charge < -0.3 is 16.1 Å². The number of nitrogens with one attached hydrogen (secondary N) is 1. The molecule has 0 radical (unpaired) electrons. The lowest BCUT2D eigenvalue weighted by molar-refractivity contribution is 0.179. The predicted molar refractivity (Wildman–Crippen MR) is 73.3 cm³/mol. The molecular formula is C12H19ClN4. The van der Waals surface area contributed by atoms with Crippen molar-refractivity contribution in [1.29, 1.82) is 0 Å². The predicted octanol–water partition coefficient (Wildman–Crippen LogP) is 1.80. The van der Waals surface area contributed by atoms with Crippen LogP contribution in [0.3, 0.4) is 0 Å². The van der Waals surface area contributed by atoms with E-state index in [4.69, 9.17) is 17.3 Å². The van der Waals surface area contributed by atoms with E-state index >= 15 is 0 Å². The maximum Gasteiger partial charge on any atom is 0.0656 e. The lowest BCUT2D eigenvalue weighted by Gasteiger charge is -2.33. The van der Waals surface area contributed by atoms with E-state index in [0.717, 1.165) is 37.4 Å². The van der Waals surface area contributed by atoms with Crippen LogP contribution in [-0.4, -0.2) is 43.1 Å². The highest BCUT2D eigenvalue weighted by molar-refractivity contribution is 6.33. The van der Waals surface area contributed by atoms with E-state index in [9.17, 15) is 0 Å². The van der Waals surface area contributed by atoms with Crippen molar-refractivity contribution in [2.24, 2.45) is 0 Å². The number of hydrogen-bond donors (Lipinski definition) is 2. The molecule has 1 heterocycles. The molecule has 0 saturated carbocycles. The Hall–Kier alpha value is -0.970. The fourth-order valence-corrected chi connectivity index (χ4v) is 2.08. The van der Waals surface area contributed by atoms with E-state index < -0.39 is 0 Å². The zero-order valence-corrected chi connectivity index (χ0v) is 11.1. The molecule has 0 bridgehead atoms. The fourth-order valence-electron chi connectivity index (χ4n) is 1.91. The van der Waals surface area contributed by atoms with Crippen LogP contribution in [0.25, 0.3) is 0 Å². The zero-order chi connectivity index (χ0) is 12.4. The summed E-state index contributed by atoms with van der Waals surface area (Å²) in [4.78, 5) is 2.32. The number of piperazine rings is 1. The van der Waals surface area contributed by atoms with Gasteiger partial charge in [0, 0.05) is 26.2 Å². The molecule has 1 fully saturated rings. The Balaban J connectivity index is 2.06. The Kier molecular flexibility index (Phi) is 3.76. The van der Waals surface area contributed by atoms with Gasteiger partial charge in [0.2, 0.25) is 0 Å². The van der Waals surface area contributed by atoms with Crippen molar-refractivity contribution in [2.45, 2.75) is 6.92 Å². The van der Waals surface area contributed by atoms with Crippen molar-refractivity contribution in [3.05, 3.63) is 22.7 Å². The highest BCUT2D eigenvalue weighted by Crippen LogP contribution is 2.27. The van der Waals surface area contributed by atoms with Crippen LogP contribution in [0, 0.1) is 6.92 Å². The molecule has 17 heavy (non-hydrogen) atoms. The van der Waals surface area contributed by atoms with Crippen molar-refractivity contribution in [2.75, 3.05) is 44.4 Å². The molecule has 0 atom stereocenters. The van der Waals surface area contributed by atoms with Crippen LogP contribution in [0.15, 0.2) is 12.1 Å². The molecule has 1 aromatic rings. The molecule has 5 heteroatoms. The molecule has 1 aliphatic rings. The van der Waals surface area contributed by atoms with Gasteiger partial charge in [-0.25, -0.2) is 5.01 Å². The molecule has 4 nitrogen and oxygen atoms in total. The number of hydrazine groups is 1. The lowest BCUT2D eigenvalue weighted by Crippen LogP contribution is -2.47. The molecule has 0 aromatic heterocycles. The summed E-state index contributed by atoms with van der Waals surface area (Å²) in [6.07, 6.45) is 0. The minimum absolute atomic E-state index is 0.604. The number of anilines is 2. The minimum Gasteiger partial charge on any atom is -0.398 e. The van der Waals surface area contributed by atoms with Crippen LogP contribution in [0.1, 0.15) is 5.56 Å². The van der Waals surface area contributed by atoms with E-state index in [-0.39, 0.29) is 0 Å². The number of nitrogens with zero attached hydrogens (tertiary/aromatic N) is 2. The normalized spacial score (nSPS) is 18.3. The number of nitrogens with two attached hydrogens (primary N) is 1. The van der Waals surface area contributed by atoms with Crippen LogP contribution in [0.2, 0.25) is 5.02 Å². The van der Waals surface area contributed by atoms with Crippen molar-refractivity contribution in [3.8, 4) is 0 Å². The summed E-state index contributed by atoms with van der Waals surface area (Å²) in [5, 5.41) is 2.82. The molecule has 1 saturated heterocycles. The van der Waals surface area contributed by atoms with Crippen LogP contribution in [0.5, 0.6) is 0 Å². The molecule has 2 rings (SSSR count). The minimum atomic E-state index is 0.604. The molecule has 0 amide bonds. The molecule has 0 aliphatic carbocycles. The Bertz CT molecular complexity index is 400. The van der Waals surface area contributed by atoms with Gasteiger partial charge in [-0.1, -0.05) is 11.6 Å². The number of rotatable bonds is 2. The van der Waals surface area contributed by atoms with E-state index in [1.165, 1.54) is 0 Å². The molecule has 0 unspecified atom stereocenters. The number of nitrogen functional groups attached to an aromatic ring is 1. The first-order chi connectivity index (χ1) is 8.06. The van der Waals surface area contributed by atoms with E-state index in [1.54, 1.807) is 0 Å². The third kappa shape index (κ3) is 3.03. The molecule has 1 aromatic carbocycles. The molecule has 94 valence electrons. The second-order valence-electron chi connectivity index (χ2n) is 4.59. The van der Waals surface area contributed by atoms with Crippen molar-refractivity contribution >= 4 is 23.0 Å². The molecule has 0 spiro atoms. The van der Waals surface area contributed by atoms with Gasteiger partial charge in [0.1, 0.15) is 0 Å². The molecular weight excluding hydrogens is 236 g/mol. The van der Waals surface area contributed by atoms with Gasteiger partial charge in [-0.05, 0) is 31.7 Å². The third-order valence-electron chi connectivity index (χ3n) is 3.13. The average molecular weight is 255 g/mol. The summed E-state index contributed by atoms with van der Waals surface area (Å²) >= 11 is 6.03.